The van der Waals surface area contributed by atoms with E-state index in [0.29, 0.717) is 25.7 Å². The van der Waals surface area contributed by atoms with Gasteiger partial charge in [0.05, 0.1) is 26.4 Å². The smallest absolute Gasteiger partial charge is 0.462 e. The number of phosphoric ester groups is 2. The lowest BCUT2D eigenvalue weighted by Gasteiger charge is -2.21. The summed E-state index contributed by atoms with van der Waals surface area (Å²) in [6.07, 6.45) is 81.8. The molecule has 0 rings (SSSR count). The van der Waals surface area contributed by atoms with Crippen LogP contribution in [0.25, 0.3) is 0 Å². The zero-order valence-electron chi connectivity index (χ0n) is 64.0. The van der Waals surface area contributed by atoms with E-state index in [0.717, 1.165) is 205 Å². The minimum Gasteiger partial charge on any atom is -0.462 e. The van der Waals surface area contributed by atoms with Gasteiger partial charge in [0, 0.05) is 25.7 Å². The van der Waals surface area contributed by atoms with E-state index >= 15 is 0 Å². The van der Waals surface area contributed by atoms with Gasteiger partial charge >= 0.3 is 39.5 Å². The lowest BCUT2D eigenvalue weighted by molar-refractivity contribution is -0.161. The number of ether oxygens (including phenoxy) is 4. The van der Waals surface area contributed by atoms with Gasteiger partial charge in [0.1, 0.15) is 19.3 Å². The van der Waals surface area contributed by atoms with Gasteiger partial charge in [-0.1, -0.05) is 290 Å². The summed E-state index contributed by atoms with van der Waals surface area (Å²) in [4.78, 5) is 73.0. The molecule has 0 aromatic carbocycles. The van der Waals surface area contributed by atoms with E-state index in [2.05, 4.69) is 149 Å². The SMILES string of the molecule is CC/C=C\C/C=C\C/C=C\C/C=C\CCCCCCCCC(=O)OCC(COP(=O)(O)OCC(O)COP(=O)(O)OCC(COC(=O)CCCCCCC/C=C\C/C=C\CCC)OC(=O)CCCCCCCCCCCCC)OC(=O)CCCCCCCC/C=C\C/C=C\C/C=C\C/C=C\CC. The topological polar surface area (TPSA) is 237 Å². The molecule has 0 aromatic rings. The van der Waals surface area contributed by atoms with Crippen molar-refractivity contribution in [1.82, 2.24) is 0 Å². The number of hydrogen-bond acceptors (Lipinski definition) is 15. The molecule has 3 N–H and O–H groups in total. The number of esters is 4. The third kappa shape index (κ3) is 73.8. The second-order valence-corrected chi connectivity index (χ2v) is 29.2. The molecule has 0 aliphatic carbocycles. The highest BCUT2D eigenvalue weighted by atomic mass is 31.2. The van der Waals surface area contributed by atoms with Crippen molar-refractivity contribution in [3.05, 3.63) is 122 Å². The standard InChI is InChI=1S/C83H142O17P2/c1-5-9-13-17-21-25-29-32-34-36-38-40-42-45-49-52-56-60-64-68-81(86)94-74-79(100-83(88)70-66-62-58-54-50-46-43-41-39-37-35-33-30-26-22-18-14-10-6-2)76-98-102(91,92)96-72-77(84)71-95-101(89,90)97-75-78(99-82(87)69-65-61-57-53-47-28-24-20-16-12-8-4)73-93-80(85)67-63-59-55-51-48-44-31-27-23-19-15-11-7-3/h9-10,13-15,19,21-22,25-27,31-35,38-41,77-79,84H,5-8,11-12,16-18,20,23-24,28-30,36-37,42-76H2,1-4H3,(H,89,90)(H,91,92)/b13-9-,14-10-,19-15-,25-21-,26-22-,31-27-,34-32-,35-33-,40-38-,41-39-. The highest BCUT2D eigenvalue weighted by Crippen LogP contribution is 2.45. The van der Waals surface area contributed by atoms with E-state index in [1.807, 2.05) is 0 Å². The van der Waals surface area contributed by atoms with Crippen molar-refractivity contribution in [3.8, 4) is 0 Å². The van der Waals surface area contributed by atoms with Crippen LogP contribution in [0.3, 0.4) is 0 Å². The Hall–Kier alpha value is -4.54. The number of aliphatic hydroxyl groups is 1. The Morgan fingerprint density at radius 1 is 0.284 bits per heavy atom. The summed E-state index contributed by atoms with van der Waals surface area (Å²) in [7, 11) is -9.96. The number of unbranched alkanes of at least 4 members (excludes halogenated alkanes) is 28. The van der Waals surface area contributed by atoms with Gasteiger partial charge < -0.3 is 33.8 Å². The molecular formula is C83H142O17P2. The molecule has 0 aromatic heterocycles. The lowest BCUT2D eigenvalue weighted by Crippen LogP contribution is -2.30. The van der Waals surface area contributed by atoms with Crippen molar-refractivity contribution < 1.29 is 80.2 Å². The van der Waals surface area contributed by atoms with Crippen LogP contribution in [0.2, 0.25) is 0 Å². The third-order valence-corrected chi connectivity index (χ3v) is 18.3. The van der Waals surface area contributed by atoms with Gasteiger partial charge in [-0.15, -0.1) is 0 Å². The van der Waals surface area contributed by atoms with Crippen LogP contribution in [0, 0.1) is 0 Å². The van der Waals surface area contributed by atoms with Crippen LogP contribution in [0.1, 0.15) is 323 Å². The van der Waals surface area contributed by atoms with Crippen molar-refractivity contribution in [2.45, 2.75) is 341 Å². The zero-order valence-corrected chi connectivity index (χ0v) is 65.8. The number of rotatable bonds is 74. The normalized spacial score (nSPS) is 14.5. The average molecular weight is 1470 g/mol. The molecule has 0 saturated heterocycles. The molecule has 0 bridgehead atoms. The zero-order chi connectivity index (χ0) is 74.6. The van der Waals surface area contributed by atoms with Crippen LogP contribution >= 0.6 is 15.6 Å². The number of aliphatic hydroxyl groups excluding tert-OH is 1. The van der Waals surface area contributed by atoms with E-state index in [9.17, 15) is 43.2 Å². The maximum atomic E-state index is 13.1. The summed E-state index contributed by atoms with van der Waals surface area (Å²) in [5.41, 5.74) is 0. The van der Waals surface area contributed by atoms with Gasteiger partial charge in [0.15, 0.2) is 12.2 Å². The van der Waals surface area contributed by atoms with Crippen molar-refractivity contribution in [1.29, 1.82) is 0 Å². The molecule has 19 heteroatoms. The van der Waals surface area contributed by atoms with Crippen molar-refractivity contribution >= 4 is 39.5 Å². The molecule has 586 valence electrons. The molecule has 5 unspecified atom stereocenters. The fourth-order valence-corrected chi connectivity index (χ4v) is 12.0. The summed E-state index contributed by atoms with van der Waals surface area (Å²) in [5, 5.41) is 10.6. The molecule has 0 aliphatic heterocycles. The van der Waals surface area contributed by atoms with Crippen molar-refractivity contribution in [2.75, 3.05) is 39.6 Å². The second-order valence-electron chi connectivity index (χ2n) is 26.2. The first-order valence-corrected chi connectivity index (χ1v) is 42.8. The maximum Gasteiger partial charge on any atom is 0.472 e. The van der Waals surface area contributed by atoms with Gasteiger partial charge in [0.2, 0.25) is 0 Å². The lowest BCUT2D eigenvalue weighted by atomic mass is 10.1. The molecule has 0 radical (unpaired) electrons. The molecule has 102 heavy (non-hydrogen) atoms. The molecule has 0 heterocycles. The predicted molar refractivity (Wildman–Crippen MR) is 418 cm³/mol. The first-order valence-electron chi connectivity index (χ1n) is 39.8. The van der Waals surface area contributed by atoms with E-state index in [1.165, 1.54) is 38.5 Å². The van der Waals surface area contributed by atoms with E-state index in [1.54, 1.807) is 0 Å². The molecule has 0 aliphatic rings. The highest BCUT2D eigenvalue weighted by Gasteiger charge is 2.30. The molecule has 0 fully saturated rings. The first kappa shape index (κ1) is 97.5. The van der Waals surface area contributed by atoms with Crippen LogP contribution < -0.4 is 0 Å². The second kappa shape index (κ2) is 74.7. The number of hydrogen-bond donors (Lipinski definition) is 3. The maximum absolute atomic E-state index is 13.1. The summed E-state index contributed by atoms with van der Waals surface area (Å²) < 4.78 is 68.5. The van der Waals surface area contributed by atoms with Crippen LogP contribution in [-0.2, 0) is 65.4 Å². The average Bonchev–Trinajstić information content (AvgIpc) is 0.940. The summed E-state index contributed by atoms with van der Waals surface area (Å²) in [6.45, 7) is 4.55. The Labute approximate surface area is 619 Å². The summed E-state index contributed by atoms with van der Waals surface area (Å²) in [5.74, 6) is -2.21. The molecule has 5 atom stereocenters. The summed E-state index contributed by atoms with van der Waals surface area (Å²) in [6, 6.07) is 0. The van der Waals surface area contributed by atoms with Crippen molar-refractivity contribution in [3.63, 3.8) is 0 Å². The van der Waals surface area contributed by atoms with Crippen LogP contribution in [0.5, 0.6) is 0 Å². The molecular weight excluding hydrogens is 1330 g/mol. The predicted octanol–water partition coefficient (Wildman–Crippen LogP) is 23.1. The molecule has 17 nitrogen and oxygen atoms in total. The number of carbonyl (C=O) groups is 4. The number of phosphoric acid groups is 2. The minimum atomic E-state index is -4.99. The Kier molecular flexibility index (Phi) is 71.4. The fraction of sp³-hybridized carbons (Fsp3) is 0.711. The fourth-order valence-electron chi connectivity index (χ4n) is 10.4. The summed E-state index contributed by atoms with van der Waals surface area (Å²) >= 11 is 0. The van der Waals surface area contributed by atoms with E-state index in [-0.39, 0.29) is 25.7 Å². The Balaban J connectivity index is 5.36. The minimum absolute atomic E-state index is 0.0730. The molecule has 0 amide bonds. The molecule has 0 spiro atoms. The highest BCUT2D eigenvalue weighted by molar-refractivity contribution is 7.47. The van der Waals surface area contributed by atoms with Gasteiger partial charge in [-0.2, -0.15) is 0 Å². The number of allylic oxidation sites excluding steroid dienone is 20. The third-order valence-electron chi connectivity index (χ3n) is 16.4. The van der Waals surface area contributed by atoms with Crippen LogP contribution in [-0.4, -0.2) is 96.7 Å². The van der Waals surface area contributed by atoms with Crippen molar-refractivity contribution in [2.24, 2.45) is 0 Å². The van der Waals surface area contributed by atoms with Crippen LogP contribution in [0.15, 0.2) is 122 Å². The largest absolute Gasteiger partial charge is 0.472 e. The van der Waals surface area contributed by atoms with E-state index < -0.39 is 97.5 Å². The Morgan fingerprint density at radius 3 is 0.824 bits per heavy atom. The monoisotopic (exact) mass is 1470 g/mol. The first-order chi connectivity index (χ1) is 49.7. The van der Waals surface area contributed by atoms with Gasteiger partial charge in [-0.05, 0) is 128 Å². The Bertz CT molecular complexity index is 2410. The van der Waals surface area contributed by atoms with Crippen LogP contribution in [0.4, 0.5) is 0 Å². The van der Waals surface area contributed by atoms with E-state index in [4.69, 9.17) is 37.0 Å². The quantitative estimate of drug-likeness (QED) is 0.0169. The number of carbonyl (C=O) groups excluding carboxylic acids is 4. The Morgan fingerprint density at radius 2 is 0.529 bits per heavy atom. The van der Waals surface area contributed by atoms with Gasteiger partial charge in [0.25, 0.3) is 0 Å². The van der Waals surface area contributed by atoms with Gasteiger partial charge in [-0.25, -0.2) is 9.13 Å². The molecule has 0 saturated carbocycles. The van der Waals surface area contributed by atoms with Gasteiger partial charge in [-0.3, -0.25) is 37.3 Å².